The zero-order valence-corrected chi connectivity index (χ0v) is 20.6. The lowest BCUT2D eigenvalue weighted by molar-refractivity contribution is -0.147. The summed E-state index contributed by atoms with van der Waals surface area (Å²) in [7, 11) is 1.44. The Bertz CT molecular complexity index is 1120. The highest BCUT2D eigenvalue weighted by Crippen LogP contribution is 2.26. The van der Waals surface area contributed by atoms with Gasteiger partial charge in [-0.05, 0) is 53.4 Å². The summed E-state index contributed by atoms with van der Waals surface area (Å²) < 4.78 is 5.10. The molecule has 0 spiro atoms. The first-order valence-electron chi connectivity index (χ1n) is 12.1. The minimum atomic E-state index is -0.393. The smallest absolute Gasteiger partial charge is 0.327 e. The van der Waals surface area contributed by atoms with Crippen molar-refractivity contribution in [2.75, 3.05) is 43.5 Å². The standard InChI is InChI=1S/C29H33N3O3/c1-21(2)22-9-11-24(12-10-22)28(33)30-25-13-15-26(16-14-25)31-17-19-32(20-18-31)27(29(34)35-3)23-7-5-4-6-8-23/h4-16,21,27H,17-20H2,1-3H3,(H,30,33). The average Bonchev–Trinajstić information content (AvgIpc) is 2.90. The molecule has 1 amide bonds. The molecule has 0 aliphatic carbocycles. The highest BCUT2D eigenvalue weighted by Gasteiger charge is 2.31. The third kappa shape index (κ3) is 5.89. The SMILES string of the molecule is COC(=O)C(c1ccccc1)N1CCN(c2ccc(NC(=O)c3ccc(C(C)C)cc3)cc2)CC1. The van der Waals surface area contributed by atoms with Crippen LogP contribution in [0, 0.1) is 0 Å². The lowest BCUT2D eigenvalue weighted by atomic mass is 10.0. The van der Waals surface area contributed by atoms with E-state index in [-0.39, 0.29) is 11.9 Å². The van der Waals surface area contributed by atoms with Crippen LogP contribution in [0.3, 0.4) is 0 Å². The second-order valence-electron chi connectivity index (χ2n) is 9.14. The second kappa shape index (κ2) is 11.2. The summed E-state index contributed by atoms with van der Waals surface area (Å²) in [6.45, 7) is 7.37. The summed E-state index contributed by atoms with van der Waals surface area (Å²) in [6.07, 6.45) is 0. The summed E-state index contributed by atoms with van der Waals surface area (Å²) in [6, 6.07) is 25.1. The van der Waals surface area contributed by atoms with Gasteiger partial charge in [0.05, 0.1) is 7.11 Å². The fourth-order valence-electron chi connectivity index (χ4n) is 4.46. The van der Waals surface area contributed by atoms with Gasteiger partial charge in [-0.15, -0.1) is 0 Å². The molecule has 0 saturated carbocycles. The van der Waals surface area contributed by atoms with Crippen LogP contribution in [0.1, 0.15) is 47.3 Å². The van der Waals surface area contributed by atoms with Crippen LogP contribution in [0.25, 0.3) is 0 Å². The van der Waals surface area contributed by atoms with E-state index in [1.807, 2.05) is 78.9 Å². The molecule has 1 fully saturated rings. The predicted octanol–water partition coefficient (Wildman–Crippen LogP) is 5.10. The van der Waals surface area contributed by atoms with E-state index >= 15 is 0 Å². The van der Waals surface area contributed by atoms with E-state index in [9.17, 15) is 9.59 Å². The predicted molar refractivity (Wildman–Crippen MR) is 140 cm³/mol. The molecule has 1 aliphatic rings. The van der Waals surface area contributed by atoms with E-state index in [2.05, 4.69) is 29.0 Å². The summed E-state index contributed by atoms with van der Waals surface area (Å²) >= 11 is 0. The van der Waals surface area contributed by atoms with Crippen LogP contribution in [-0.4, -0.2) is 50.1 Å². The zero-order valence-electron chi connectivity index (χ0n) is 20.6. The van der Waals surface area contributed by atoms with Gasteiger partial charge in [0.2, 0.25) is 0 Å². The van der Waals surface area contributed by atoms with Crippen LogP contribution in [-0.2, 0) is 9.53 Å². The van der Waals surface area contributed by atoms with Crippen LogP contribution in [0.2, 0.25) is 0 Å². The number of carbonyl (C=O) groups is 2. The van der Waals surface area contributed by atoms with Crippen molar-refractivity contribution in [3.05, 3.63) is 95.6 Å². The fraction of sp³-hybridized carbons (Fsp3) is 0.310. The van der Waals surface area contributed by atoms with E-state index in [1.54, 1.807) is 0 Å². The molecule has 1 N–H and O–H groups in total. The van der Waals surface area contributed by atoms with Crippen molar-refractivity contribution in [1.29, 1.82) is 0 Å². The van der Waals surface area contributed by atoms with Gasteiger partial charge in [-0.1, -0.05) is 56.3 Å². The number of anilines is 2. The number of hydrogen-bond acceptors (Lipinski definition) is 5. The van der Waals surface area contributed by atoms with Crippen molar-refractivity contribution in [1.82, 2.24) is 4.90 Å². The number of piperazine rings is 1. The molecule has 1 saturated heterocycles. The van der Waals surface area contributed by atoms with Crippen molar-refractivity contribution in [2.24, 2.45) is 0 Å². The molecule has 1 atom stereocenters. The molecule has 0 bridgehead atoms. The van der Waals surface area contributed by atoms with Gasteiger partial charge in [-0.3, -0.25) is 9.69 Å². The lowest BCUT2D eigenvalue weighted by Gasteiger charge is -2.39. The second-order valence-corrected chi connectivity index (χ2v) is 9.14. The third-order valence-electron chi connectivity index (χ3n) is 6.55. The van der Waals surface area contributed by atoms with Crippen molar-refractivity contribution in [3.63, 3.8) is 0 Å². The number of nitrogens with zero attached hydrogens (tertiary/aromatic N) is 2. The first-order chi connectivity index (χ1) is 17.0. The maximum absolute atomic E-state index is 12.6. The van der Waals surface area contributed by atoms with Gasteiger partial charge >= 0.3 is 5.97 Å². The number of carbonyl (C=O) groups excluding carboxylic acids is 2. The topological polar surface area (TPSA) is 61.9 Å². The lowest BCUT2D eigenvalue weighted by Crippen LogP contribution is -2.49. The number of benzene rings is 3. The molecule has 0 aromatic heterocycles. The molecule has 3 aromatic carbocycles. The Morgan fingerprint density at radius 2 is 1.43 bits per heavy atom. The molecule has 6 nitrogen and oxygen atoms in total. The van der Waals surface area contributed by atoms with E-state index in [4.69, 9.17) is 4.74 Å². The Morgan fingerprint density at radius 1 is 0.800 bits per heavy atom. The molecule has 6 heteroatoms. The number of esters is 1. The Balaban J connectivity index is 1.35. The molecule has 1 unspecified atom stereocenters. The molecular formula is C29H33N3O3. The maximum atomic E-state index is 12.6. The van der Waals surface area contributed by atoms with Crippen molar-refractivity contribution in [2.45, 2.75) is 25.8 Å². The van der Waals surface area contributed by atoms with Gasteiger partial charge < -0.3 is 15.0 Å². The molecule has 1 heterocycles. The van der Waals surface area contributed by atoms with Gasteiger partial charge in [0.1, 0.15) is 6.04 Å². The summed E-state index contributed by atoms with van der Waals surface area (Å²) in [5, 5.41) is 2.98. The molecule has 3 aromatic rings. The first kappa shape index (κ1) is 24.5. The van der Waals surface area contributed by atoms with Crippen molar-refractivity contribution in [3.8, 4) is 0 Å². The summed E-state index contributed by atoms with van der Waals surface area (Å²) in [5.74, 6) is 0.0891. The number of methoxy groups -OCH3 is 1. The van der Waals surface area contributed by atoms with E-state index in [0.29, 0.717) is 11.5 Å². The Kier molecular flexibility index (Phi) is 7.83. The summed E-state index contributed by atoms with van der Waals surface area (Å²) in [4.78, 5) is 29.6. The molecule has 35 heavy (non-hydrogen) atoms. The molecule has 4 rings (SSSR count). The fourth-order valence-corrected chi connectivity index (χ4v) is 4.46. The van der Waals surface area contributed by atoms with Crippen molar-refractivity contribution >= 4 is 23.3 Å². The summed E-state index contributed by atoms with van der Waals surface area (Å²) in [5.41, 5.74) is 4.67. The third-order valence-corrected chi connectivity index (χ3v) is 6.55. The van der Waals surface area contributed by atoms with Gasteiger partial charge in [-0.2, -0.15) is 0 Å². The van der Waals surface area contributed by atoms with Crippen LogP contribution < -0.4 is 10.2 Å². The number of ether oxygens (including phenoxy) is 1. The minimum absolute atomic E-state index is 0.114. The van der Waals surface area contributed by atoms with Gasteiger partial charge in [0.15, 0.2) is 0 Å². The van der Waals surface area contributed by atoms with Crippen LogP contribution in [0.4, 0.5) is 11.4 Å². The molecular weight excluding hydrogens is 438 g/mol. The molecule has 1 aliphatic heterocycles. The van der Waals surface area contributed by atoms with Gasteiger partial charge in [0, 0.05) is 43.1 Å². The van der Waals surface area contributed by atoms with Crippen molar-refractivity contribution < 1.29 is 14.3 Å². The quantitative estimate of drug-likeness (QED) is 0.486. The Labute approximate surface area is 207 Å². The average molecular weight is 472 g/mol. The van der Waals surface area contributed by atoms with E-state index < -0.39 is 6.04 Å². The van der Waals surface area contributed by atoms with Crippen LogP contribution in [0.15, 0.2) is 78.9 Å². The van der Waals surface area contributed by atoms with Crippen LogP contribution >= 0.6 is 0 Å². The monoisotopic (exact) mass is 471 g/mol. The van der Waals surface area contributed by atoms with E-state index in [0.717, 1.165) is 43.1 Å². The molecule has 182 valence electrons. The first-order valence-corrected chi connectivity index (χ1v) is 12.1. The Morgan fingerprint density at radius 3 is 2.00 bits per heavy atom. The number of amides is 1. The number of rotatable bonds is 7. The van der Waals surface area contributed by atoms with Gasteiger partial charge in [-0.25, -0.2) is 4.79 Å². The van der Waals surface area contributed by atoms with E-state index in [1.165, 1.54) is 12.7 Å². The number of nitrogens with one attached hydrogen (secondary N) is 1. The normalized spacial score (nSPS) is 15.0. The van der Waals surface area contributed by atoms with Crippen LogP contribution in [0.5, 0.6) is 0 Å². The minimum Gasteiger partial charge on any atom is -0.468 e. The maximum Gasteiger partial charge on any atom is 0.327 e. The highest BCUT2D eigenvalue weighted by atomic mass is 16.5. The highest BCUT2D eigenvalue weighted by molar-refractivity contribution is 6.04. The number of hydrogen-bond donors (Lipinski definition) is 1. The largest absolute Gasteiger partial charge is 0.468 e. The zero-order chi connectivity index (χ0) is 24.8. The van der Waals surface area contributed by atoms with Gasteiger partial charge in [0.25, 0.3) is 5.91 Å². The Hall–Kier alpha value is -3.64. The molecule has 0 radical (unpaired) electrons.